The van der Waals surface area contributed by atoms with Crippen LogP contribution in [0, 0.1) is 17.8 Å². The Morgan fingerprint density at radius 3 is 2.70 bits per heavy atom. The molecule has 2 aromatic heterocycles. The zero-order valence-corrected chi connectivity index (χ0v) is 23.0. The number of rotatable bonds is 7. The molecule has 1 saturated carbocycles. The van der Waals surface area contributed by atoms with E-state index in [1.165, 1.54) is 30.4 Å². The molecule has 4 heterocycles. The number of aromatic nitrogens is 3. The van der Waals surface area contributed by atoms with Gasteiger partial charge in [-0.3, -0.25) is 24.2 Å². The van der Waals surface area contributed by atoms with Crippen molar-refractivity contribution in [2.45, 2.75) is 57.5 Å². The Hall–Kier alpha value is -3.52. The van der Waals surface area contributed by atoms with Crippen molar-refractivity contribution in [2.75, 3.05) is 31.5 Å². The van der Waals surface area contributed by atoms with Crippen LogP contribution in [-0.4, -0.2) is 62.6 Å². The number of carbonyl (C=O) groups is 2. The first-order valence-electron chi connectivity index (χ1n) is 15.0. The number of hydrogen-bond acceptors (Lipinski definition) is 5. The molecule has 208 valence electrons. The van der Waals surface area contributed by atoms with Crippen LogP contribution in [0.2, 0.25) is 0 Å². The van der Waals surface area contributed by atoms with Gasteiger partial charge in [0, 0.05) is 50.5 Å². The number of nitrogens with one attached hydrogen (secondary N) is 1. The van der Waals surface area contributed by atoms with Crippen LogP contribution < -0.4 is 5.32 Å². The lowest BCUT2D eigenvalue weighted by Crippen LogP contribution is -2.53. The predicted molar refractivity (Wildman–Crippen MR) is 153 cm³/mol. The minimum Gasteiger partial charge on any atom is -0.338 e. The summed E-state index contributed by atoms with van der Waals surface area (Å²) in [5.41, 5.74) is 5.21. The van der Waals surface area contributed by atoms with E-state index < -0.39 is 6.04 Å². The number of likely N-dealkylation sites (tertiary alicyclic amines) is 2. The largest absolute Gasteiger partial charge is 0.338 e. The molecule has 2 amide bonds. The number of nitrogens with zero attached hydrogens (tertiary/aromatic N) is 5. The molecule has 4 aliphatic rings. The van der Waals surface area contributed by atoms with Gasteiger partial charge in [-0.05, 0) is 104 Å². The van der Waals surface area contributed by atoms with E-state index in [2.05, 4.69) is 32.4 Å². The zero-order valence-electron chi connectivity index (χ0n) is 23.0. The lowest BCUT2D eigenvalue weighted by Gasteiger charge is -2.46. The van der Waals surface area contributed by atoms with Crippen molar-refractivity contribution in [3.63, 3.8) is 0 Å². The molecule has 3 aromatic rings. The highest BCUT2D eigenvalue weighted by molar-refractivity contribution is 5.96. The summed E-state index contributed by atoms with van der Waals surface area (Å²) in [5.74, 6) is 1.69. The summed E-state index contributed by atoms with van der Waals surface area (Å²) in [6.45, 7) is 4.07. The Morgan fingerprint density at radius 1 is 0.975 bits per heavy atom. The second kappa shape index (κ2) is 10.8. The molecule has 8 nitrogen and oxygen atoms in total. The highest BCUT2D eigenvalue weighted by atomic mass is 16.2. The predicted octanol–water partition coefficient (Wildman–Crippen LogP) is 4.34. The molecule has 2 aliphatic heterocycles. The Bertz CT molecular complexity index is 1380. The third kappa shape index (κ3) is 5.29. The quantitative estimate of drug-likeness (QED) is 0.484. The molecule has 1 N–H and O–H groups in total. The molecule has 0 spiro atoms. The van der Waals surface area contributed by atoms with Crippen LogP contribution in [0.1, 0.15) is 65.2 Å². The van der Waals surface area contributed by atoms with Crippen molar-refractivity contribution in [3.8, 4) is 0 Å². The van der Waals surface area contributed by atoms with E-state index in [4.69, 9.17) is 0 Å². The maximum atomic E-state index is 13.9. The fraction of sp³-hybridized carbons (Fsp3) is 0.500. The summed E-state index contributed by atoms with van der Waals surface area (Å²) in [5, 5.41) is 7.67. The van der Waals surface area contributed by atoms with Crippen LogP contribution in [0.3, 0.4) is 0 Å². The number of pyridine rings is 1. The smallest absolute Gasteiger partial charge is 0.257 e. The standard InChI is InChI=1S/C32H38N6O2/c39-31(35-29-9-8-23-3-1-4-25(23)15-29)30(26-5-2-12-33-16-26)36-13-10-24-11-14-37(20-28(24)19-36)32(40)27-17-34-38(21-27)18-22-6-7-22/h2,5,8-9,12,15-17,21-22,24,28,30H,1,3-4,6-7,10-11,13-14,18-20H2,(H,35,39). The summed E-state index contributed by atoms with van der Waals surface area (Å²) in [6, 6.07) is 9.82. The first-order valence-corrected chi connectivity index (χ1v) is 15.0. The van der Waals surface area contributed by atoms with Gasteiger partial charge in [0.15, 0.2) is 0 Å². The minimum absolute atomic E-state index is 0.0174. The van der Waals surface area contributed by atoms with Crippen LogP contribution in [0.4, 0.5) is 5.69 Å². The molecule has 3 fully saturated rings. The van der Waals surface area contributed by atoms with Gasteiger partial charge < -0.3 is 10.2 Å². The first-order chi connectivity index (χ1) is 19.6. The molecule has 3 unspecified atom stereocenters. The van der Waals surface area contributed by atoms with Gasteiger partial charge in [0.2, 0.25) is 5.91 Å². The van der Waals surface area contributed by atoms with Crippen molar-refractivity contribution in [2.24, 2.45) is 17.8 Å². The maximum Gasteiger partial charge on any atom is 0.257 e. The Balaban J connectivity index is 1.06. The van der Waals surface area contributed by atoms with Gasteiger partial charge in [-0.25, -0.2) is 0 Å². The second-order valence-corrected chi connectivity index (χ2v) is 12.3. The highest BCUT2D eigenvalue weighted by Crippen LogP contribution is 2.36. The molecule has 1 aromatic carbocycles. The van der Waals surface area contributed by atoms with Gasteiger partial charge in [0.1, 0.15) is 6.04 Å². The van der Waals surface area contributed by atoms with E-state index in [0.29, 0.717) is 17.4 Å². The van der Waals surface area contributed by atoms with Crippen molar-refractivity contribution >= 4 is 17.5 Å². The minimum atomic E-state index is -0.422. The lowest BCUT2D eigenvalue weighted by atomic mass is 9.79. The number of hydrogen-bond donors (Lipinski definition) is 1. The molecule has 40 heavy (non-hydrogen) atoms. The first kappa shape index (κ1) is 25.4. The Morgan fingerprint density at radius 2 is 1.85 bits per heavy atom. The topological polar surface area (TPSA) is 83.4 Å². The number of carbonyl (C=O) groups excluding carboxylic acids is 2. The molecule has 7 rings (SSSR count). The van der Waals surface area contributed by atoms with Crippen molar-refractivity contribution in [3.05, 3.63) is 77.4 Å². The fourth-order valence-electron chi connectivity index (χ4n) is 7.06. The summed E-state index contributed by atoms with van der Waals surface area (Å²) in [7, 11) is 0. The highest BCUT2D eigenvalue weighted by Gasteiger charge is 2.40. The summed E-state index contributed by atoms with van der Waals surface area (Å²) in [4.78, 5) is 35.9. The Kier molecular flexibility index (Phi) is 6.87. The van der Waals surface area contributed by atoms with Gasteiger partial charge in [-0.1, -0.05) is 12.1 Å². The van der Waals surface area contributed by atoms with Crippen LogP contribution in [0.5, 0.6) is 0 Å². The third-order valence-corrected chi connectivity index (χ3v) is 9.44. The van der Waals surface area contributed by atoms with Crippen LogP contribution >= 0.6 is 0 Å². The number of aryl methyl sites for hydroxylation is 2. The molecule has 2 saturated heterocycles. The summed E-state index contributed by atoms with van der Waals surface area (Å²) >= 11 is 0. The molecular weight excluding hydrogens is 500 g/mol. The fourth-order valence-corrected chi connectivity index (χ4v) is 7.06. The van der Waals surface area contributed by atoms with Gasteiger partial charge in [-0.15, -0.1) is 0 Å². The van der Waals surface area contributed by atoms with Gasteiger partial charge in [-0.2, -0.15) is 5.10 Å². The second-order valence-electron chi connectivity index (χ2n) is 12.3. The summed E-state index contributed by atoms with van der Waals surface area (Å²) in [6.07, 6.45) is 15.2. The molecule has 2 aliphatic carbocycles. The lowest BCUT2D eigenvalue weighted by molar-refractivity contribution is -0.123. The molecule has 0 radical (unpaired) electrons. The third-order valence-electron chi connectivity index (χ3n) is 9.44. The normalized spacial score (nSPS) is 23.4. The van der Waals surface area contributed by atoms with E-state index in [-0.39, 0.29) is 11.8 Å². The Labute approximate surface area is 235 Å². The number of piperidine rings is 2. The maximum absolute atomic E-state index is 13.9. The number of anilines is 1. The molecule has 3 atom stereocenters. The average molecular weight is 539 g/mol. The molecule has 8 heteroatoms. The zero-order chi connectivity index (χ0) is 27.1. The molecular formula is C32H38N6O2. The van der Waals surface area contributed by atoms with Crippen LogP contribution in [-0.2, 0) is 24.2 Å². The van der Waals surface area contributed by atoms with E-state index in [9.17, 15) is 9.59 Å². The SMILES string of the molecule is O=C(Nc1ccc2c(c1)CCC2)C(c1cccnc1)N1CCC2CCN(C(=O)c3cnn(CC4CC4)c3)CC2C1. The van der Waals surface area contributed by atoms with E-state index in [1.807, 2.05) is 40.2 Å². The average Bonchev–Trinajstić information content (AvgIpc) is 3.46. The number of fused-ring (bicyclic) bond motifs is 2. The van der Waals surface area contributed by atoms with Gasteiger partial charge >= 0.3 is 0 Å². The molecule has 0 bridgehead atoms. The van der Waals surface area contributed by atoms with Crippen LogP contribution in [0.15, 0.2) is 55.1 Å². The van der Waals surface area contributed by atoms with E-state index in [0.717, 1.165) is 75.6 Å². The van der Waals surface area contributed by atoms with Crippen molar-refractivity contribution in [1.29, 1.82) is 0 Å². The van der Waals surface area contributed by atoms with E-state index >= 15 is 0 Å². The monoisotopic (exact) mass is 538 g/mol. The van der Waals surface area contributed by atoms with Gasteiger partial charge in [0.05, 0.1) is 11.8 Å². The number of benzene rings is 1. The van der Waals surface area contributed by atoms with Crippen molar-refractivity contribution in [1.82, 2.24) is 24.6 Å². The van der Waals surface area contributed by atoms with Gasteiger partial charge in [0.25, 0.3) is 5.91 Å². The van der Waals surface area contributed by atoms with Crippen LogP contribution in [0.25, 0.3) is 0 Å². The number of amides is 2. The summed E-state index contributed by atoms with van der Waals surface area (Å²) < 4.78 is 1.93. The van der Waals surface area contributed by atoms with Crippen molar-refractivity contribution < 1.29 is 9.59 Å². The van der Waals surface area contributed by atoms with E-state index in [1.54, 1.807) is 12.4 Å².